The molecular formula is C13H17F4N3. The van der Waals surface area contributed by atoms with Gasteiger partial charge in [0.1, 0.15) is 11.7 Å². The number of nitrogens with two attached hydrogens (primary N) is 1. The monoisotopic (exact) mass is 291 g/mol. The summed E-state index contributed by atoms with van der Waals surface area (Å²) in [6, 6.07) is 3.47. The zero-order chi connectivity index (χ0) is 15.5. The van der Waals surface area contributed by atoms with E-state index in [9.17, 15) is 17.6 Å². The van der Waals surface area contributed by atoms with E-state index < -0.39 is 18.5 Å². The molecule has 0 heterocycles. The van der Waals surface area contributed by atoms with Crippen molar-refractivity contribution in [2.75, 3.05) is 6.54 Å². The summed E-state index contributed by atoms with van der Waals surface area (Å²) in [5, 5.41) is 7.18. The fourth-order valence-corrected chi connectivity index (χ4v) is 1.71. The Bertz CT molecular complexity index is 483. The van der Waals surface area contributed by atoms with E-state index >= 15 is 0 Å². The Kier molecular flexibility index (Phi) is 5.10. The van der Waals surface area contributed by atoms with Crippen LogP contribution in [-0.2, 0) is 6.54 Å². The number of halogens is 4. The van der Waals surface area contributed by atoms with E-state index in [1.54, 1.807) is 13.8 Å². The largest absolute Gasteiger partial charge is 0.401 e. The van der Waals surface area contributed by atoms with E-state index in [2.05, 4.69) is 0 Å². The number of amidine groups is 1. The van der Waals surface area contributed by atoms with Crippen molar-refractivity contribution in [1.29, 1.82) is 5.41 Å². The SMILES string of the molecule is CC(C)N(Cc1ccc(C(=N)N)cc1F)CC(F)(F)F. The van der Waals surface area contributed by atoms with Crippen molar-refractivity contribution in [3.63, 3.8) is 0 Å². The summed E-state index contributed by atoms with van der Waals surface area (Å²) in [6.07, 6.45) is -4.33. The van der Waals surface area contributed by atoms with Gasteiger partial charge in [0.25, 0.3) is 0 Å². The lowest BCUT2D eigenvalue weighted by molar-refractivity contribution is -0.151. The highest BCUT2D eigenvalue weighted by molar-refractivity contribution is 5.94. The van der Waals surface area contributed by atoms with Crippen LogP contribution in [0, 0.1) is 11.2 Å². The fraction of sp³-hybridized carbons (Fsp3) is 0.462. The van der Waals surface area contributed by atoms with Crippen molar-refractivity contribution in [1.82, 2.24) is 4.90 Å². The average molecular weight is 291 g/mol. The van der Waals surface area contributed by atoms with Crippen molar-refractivity contribution in [3.8, 4) is 0 Å². The van der Waals surface area contributed by atoms with Crippen molar-refractivity contribution >= 4 is 5.84 Å². The normalized spacial score (nSPS) is 12.2. The minimum absolute atomic E-state index is 0.146. The van der Waals surface area contributed by atoms with Crippen LogP contribution >= 0.6 is 0 Å². The maximum Gasteiger partial charge on any atom is 0.401 e. The lowest BCUT2D eigenvalue weighted by Crippen LogP contribution is -2.38. The number of alkyl halides is 3. The Labute approximate surface area is 114 Å². The topological polar surface area (TPSA) is 53.1 Å². The minimum Gasteiger partial charge on any atom is -0.384 e. The third-order valence-electron chi connectivity index (χ3n) is 2.85. The smallest absolute Gasteiger partial charge is 0.384 e. The van der Waals surface area contributed by atoms with E-state index in [0.29, 0.717) is 0 Å². The zero-order valence-corrected chi connectivity index (χ0v) is 11.3. The number of nitrogens with zero attached hydrogens (tertiary/aromatic N) is 1. The minimum atomic E-state index is -4.33. The number of benzene rings is 1. The van der Waals surface area contributed by atoms with Crippen LogP contribution in [0.15, 0.2) is 18.2 Å². The lowest BCUT2D eigenvalue weighted by atomic mass is 10.1. The van der Waals surface area contributed by atoms with E-state index in [1.165, 1.54) is 12.1 Å². The summed E-state index contributed by atoms with van der Waals surface area (Å²) >= 11 is 0. The molecule has 112 valence electrons. The first-order valence-electron chi connectivity index (χ1n) is 6.04. The first kappa shape index (κ1) is 16.4. The molecule has 1 rings (SSSR count). The molecular weight excluding hydrogens is 274 g/mol. The van der Waals surface area contributed by atoms with Crippen LogP contribution in [-0.4, -0.2) is 29.5 Å². The number of hydrogen-bond donors (Lipinski definition) is 2. The van der Waals surface area contributed by atoms with E-state index in [1.807, 2.05) is 0 Å². The lowest BCUT2D eigenvalue weighted by Gasteiger charge is -2.27. The molecule has 0 fully saturated rings. The molecule has 1 aromatic carbocycles. The second-order valence-corrected chi connectivity index (χ2v) is 4.83. The molecule has 0 bridgehead atoms. The molecule has 0 amide bonds. The molecule has 0 unspecified atom stereocenters. The highest BCUT2D eigenvalue weighted by Gasteiger charge is 2.32. The highest BCUT2D eigenvalue weighted by atomic mass is 19.4. The van der Waals surface area contributed by atoms with Gasteiger partial charge in [-0.15, -0.1) is 0 Å². The van der Waals surface area contributed by atoms with E-state index in [-0.39, 0.29) is 29.5 Å². The zero-order valence-electron chi connectivity index (χ0n) is 11.3. The molecule has 0 saturated carbocycles. The Balaban J connectivity index is 2.92. The first-order chi connectivity index (χ1) is 9.10. The Morgan fingerprint density at radius 3 is 2.35 bits per heavy atom. The van der Waals surface area contributed by atoms with Gasteiger partial charge < -0.3 is 5.73 Å². The molecule has 0 atom stereocenters. The molecule has 20 heavy (non-hydrogen) atoms. The van der Waals surface area contributed by atoms with Crippen LogP contribution in [0.2, 0.25) is 0 Å². The molecule has 0 radical (unpaired) electrons. The second-order valence-electron chi connectivity index (χ2n) is 4.83. The summed E-state index contributed by atoms with van der Waals surface area (Å²) < 4.78 is 51.2. The number of rotatable bonds is 5. The summed E-state index contributed by atoms with van der Waals surface area (Å²) in [5.41, 5.74) is 5.58. The van der Waals surface area contributed by atoms with Gasteiger partial charge in [0, 0.05) is 23.7 Å². The summed E-state index contributed by atoms with van der Waals surface area (Å²) in [5.74, 6) is -0.947. The van der Waals surface area contributed by atoms with E-state index in [0.717, 1.165) is 11.0 Å². The summed E-state index contributed by atoms with van der Waals surface area (Å²) in [6.45, 7) is 1.99. The van der Waals surface area contributed by atoms with Crippen molar-refractivity contribution in [2.24, 2.45) is 5.73 Å². The van der Waals surface area contributed by atoms with Gasteiger partial charge in [-0.3, -0.25) is 10.3 Å². The predicted octanol–water partition coefficient (Wildman–Crippen LogP) is 2.88. The molecule has 0 aliphatic heterocycles. The first-order valence-corrected chi connectivity index (χ1v) is 6.04. The average Bonchev–Trinajstić information content (AvgIpc) is 2.28. The number of hydrogen-bond acceptors (Lipinski definition) is 2. The number of nitrogen functional groups attached to an aromatic ring is 1. The van der Waals surface area contributed by atoms with Gasteiger partial charge in [-0.1, -0.05) is 12.1 Å². The Hall–Kier alpha value is -1.63. The number of nitrogens with one attached hydrogen (secondary N) is 1. The molecule has 3 nitrogen and oxygen atoms in total. The van der Waals surface area contributed by atoms with Crippen molar-refractivity contribution < 1.29 is 17.6 Å². The molecule has 0 aliphatic rings. The van der Waals surface area contributed by atoms with Crippen molar-refractivity contribution in [3.05, 3.63) is 35.1 Å². The van der Waals surface area contributed by atoms with Crippen LogP contribution < -0.4 is 5.73 Å². The van der Waals surface area contributed by atoms with Gasteiger partial charge in [-0.25, -0.2) is 4.39 Å². The van der Waals surface area contributed by atoms with Crippen molar-refractivity contribution in [2.45, 2.75) is 32.6 Å². The summed E-state index contributed by atoms with van der Waals surface area (Å²) in [4.78, 5) is 1.13. The van der Waals surface area contributed by atoms with Crippen LogP contribution in [0.4, 0.5) is 17.6 Å². The Morgan fingerprint density at radius 2 is 1.95 bits per heavy atom. The van der Waals surface area contributed by atoms with Crippen LogP contribution in [0.5, 0.6) is 0 Å². The predicted molar refractivity (Wildman–Crippen MR) is 69.0 cm³/mol. The molecule has 3 N–H and O–H groups in total. The van der Waals surface area contributed by atoms with Crippen LogP contribution in [0.25, 0.3) is 0 Å². The highest BCUT2D eigenvalue weighted by Crippen LogP contribution is 2.21. The second kappa shape index (κ2) is 6.21. The van der Waals surface area contributed by atoms with Gasteiger partial charge >= 0.3 is 6.18 Å². The molecule has 0 aromatic heterocycles. The van der Waals surface area contributed by atoms with Crippen LogP contribution in [0.3, 0.4) is 0 Å². The molecule has 0 aliphatic carbocycles. The van der Waals surface area contributed by atoms with E-state index in [4.69, 9.17) is 11.1 Å². The maximum atomic E-state index is 13.8. The summed E-state index contributed by atoms with van der Waals surface area (Å²) in [7, 11) is 0. The third kappa shape index (κ3) is 4.80. The maximum absolute atomic E-state index is 13.8. The van der Waals surface area contributed by atoms with Gasteiger partial charge in [0.15, 0.2) is 0 Å². The molecule has 1 aromatic rings. The van der Waals surface area contributed by atoms with Gasteiger partial charge in [0.2, 0.25) is 0 Å². The van der Waals surface area contributed by atoms with Crippen LogP contribution in [0.1, 0.15) is 25.0 Å². The Morgan fingerprint density at radius 1 is 1.35 bits per heavy atom. The molecule has 0 saturated heterocycles. The standard InChI is InChI=1S/C13H17F4N3/c1-8(2)20(7-13(15,16)17)6-10-4-3-9(12(18)19)5-11(10)14/h3-5,8H,6-7H2,1-2H3,(H3,18,19). The quantitative estimate of drug-likeness (QED) is 0.498. The fourth-order valence-electron chi connectivity index (χ4n) is 1.71. The molecule has 7 heteroatoms. The van der Waals surface area contributed by atoms with Gasteiger partial charge in [0.05, 0.1) is 6.54 Å². The molecule has 0 spiro atoms. The van der Waals surface area contributed by atoms with Gasteiger partial charge in [-0.05, 0) is 19.9 Å². The third-order valence-corrected chi connectivity index (χ3v) is 2.85. The van der Waals surface area contributed by atoms with Gasteiger partial charge in [-0.2, -0.15) is 13.2 Å².